The smallest absolute Gasteiger partial charge is 0.396 e. The summed E-state index contributed by atoms with van der Waals surface area (Å²) in [5, 5.41) is 0. The lowest BCUT2D eigenvalue weighted by atomic mass is 9.84. The zero-order valence-corrected chi connectivity index (χ0v) is 16.1. The fourth-order valence-corrected chi connectivity index (χ4v) is 4.87. The number of amides is 1. The molecule has 3 saturated heterocycles. The monoisotopic (exact) mass is 357 g/mol. The molecule has 26 heavy (non-hydrogen) atoms. The fraction of sp³-hybridized carbons (Fsp3) is 0.682. The summed E-state index contributed by atoms with van der Waals surface area (Å²) in [6, 6.07) is 10.0. The van der Waals surface area contributed by atoms with Crippen molar-refractivity contribution < 1.29 is 14.0 Å². The lowest BCUT2D eigenvalue weighted by molar-refractivity contribution is -0.985. The van der Waals surface area contributed by atoms with Crippen LogP contribution in [0, 0.1) is 11.8 Å². The molecule has 142 valence electrons. The molecular formula is C22H33N2O2+. The lowest BCUT2D eigenvalue weighted by Crippen LogP contribution is -2.66. The Morgan fingerprint density at radius 1 is 1.15 bits per heavy atom. The SMILES string of the molecule is CCCCN(C(=O)O[C@@H]1CC2CC[N+]1(CC1CC1)CC2)c1ccccc1. The second-order valence-corrected chi connectivity index (χ2v) is 8.65. The number of carbonyl (C=O) groups excluding carboxylic acids is 1. The van der Waals surface area contributed by atoms with E-state index in [9.17, 15) is 4.79 Å². The Kier molecular flexibility index (Phi) is 5.21. The standard InChI is InChI=1S/C22H33N2O2/c1-2-3-13-23(20-7-5-4-6-8-20)22(25)26-21-16-18-11-14-24(21,15-12-18)17-19-9-10-19/h4-8,18-19,21H,2-3,9-17H2,1H3/q+1/t18?,21-,24?/m1/s1. The van der Waals surface area contributed by atoms with E-state index in [1.807, 2.05) is 35.2 Å². The molecule has 1 aromatic rings. The van der Waals surface area contributed by atoms with Crippen LogP contribution in [0.3, 0.4) is 0 Å². The van der Waals surface area contributed by atoms with E-state index >= 15 is 0 Å². The summed E-state index contributed by atoms with van der Waals surface area (Å²) >= 11 is 0. The van der Waals surface area contributed by atoms with E-state index in [4.69, 9.17) is 4.74 Å². The van der Waals surface area contributed by atoms with Gasteiger partial charge >= 0.3 is 6.09 Å². The number of piperidine rings is 3. The first-order chi connectivity index (χ1) is 12.7. The van der Waals surface area contributed by atoms with Crippen molar-refractivity contribution in [2.45, 2.75) is 58.1 Å². The highest BCUT2D eigenvalue weighted by atomic mass is 16.6. The molecule has 4 nitrogen and oxygen atoms in total. The predicted molar refractivity (Wildman–Crippen MR) is 104 cm³/mol. The van der Waals surface area contributed by atoms with Crippen molar-refractivity contribution in [2.75, 3.05) is 31.1 Å². The minimum absolute atomic E-state index is 0.0726. The van der Waals surface area contributed by atoms with Crippen LogP contribution in [-0.4, -0.2) is 43.0 Å². The Bertz CT molecular complexity index is 606. The Labute approximate surface area is 157 Å². The van der Waals surface area contributed by atoms with Gasteiger partial charge in [-0.15, -0.1) is 0 Å². The van der Waals surface area contributed by atoms with E-state index in [-0.39, 0.29) is 12.3 Å². The molecule has 0 unspecified atom stereocenters. The van der Waals surface area contributed by atoms with E-state index in [0.29, 0.717) is 0 Å². The van der Waals surface area contributed by atoms with Gasteiger partial charge in [-0.2, -0.15) is 0 Å². The maximum absolute atomic E-state index is 13.1. The molecule has 4 aliphatic rings. The molecule has 5 rings (SSSR count). The number of unbranched alkanes of at least 4 members (excludes halogenated alkanes) is 1. The molecule has 4 heteroatoms. The Morgan fingerprint density at radius 2 is 1.88 bits per heavy atom. The van der Waals surface area contributed by atoms with Crippen LogP contribution in [0.2, 0.25) is 0 Å². The van der Waals surface area contributed by atoms with E-state index in [1.165, 1.54) is 45.3 Å². The first kappa shape index (κ1) is 17.8. The molecule has 1 aromatic carbocycles. The number of quaternary nitrogens is 1. The summed E-state index contributed by atoms with van der Waals surface area (Å²) in [5.74, 6) is 1.63. The number of rotatable bonds is 7. The largest absolute Gasteiger partial charge is 0.418 e. The Hall–Kier alpha value is -1.55. The number of benzene rings is 1. The number of para-hydroxylation sites is 1. The molecule has 0 N–H and O–H groups in total. The maximum Gasteiger partial charge on any atom is 0.418 e. The fourth-order valence-electron chi connectivity index (χ4n) is 4.87. The lowest BCUT2D eigenvalue weighted by Gasteiger charge is -2.53. The maximum atomic E-state index is 13.1. The van der Waals surface area contributed by atoms with Crippen LogP contribution in [0.1, 0.15) is 51.9 Å². The third kappa shape index (κ3) is 3.75. The Balaban J connectivity index is 1.49. The average Bonchev–Trinajstić information content (AvgIpc) is 3.48. The normalized spacial score (nSPS) is 30.2. The number of ether oxygens (including phenoxy) is 1. The first-order valence-electron chi connectivity index (χ1n) is 10.6. The van der Waals surface area contributed by atoms with Gasteiger partial charge in [-0.3, -0.25) is 9.38 Å². The summed E-state index contributed by atoms with van der Waals surface area (Å²) in [5.41, 5.74) is 0.954. The van der Waals surface area contributed by atoms with Gasteiger partial charge in [0.05, 0.1) is 19.6 Å². The highest BCUT2D eigenvalue weighted by Crippen LogP contribution is 2.43. The average molecular weight is 358 g/mol. The number of fused-ring (bicyclic) bond motifs is 3. The molecule has 0 radical (unpaired) electrons. The second kappa shape index (κ2) is 7.59. The van der Waals surface area contributed by atoms with Crippen LogP contribution >= 0.6 is 0 Å². The van der Waals surface area contributed by atoms with Crippen LogP contribution in [0.5, 0.6) is 0 Å². The van der Waals surface area contributed by atoms with Crippen molar-refractivity contribution in [1.29, 1.82) is 0 Å². The van der Waals surface area contributed by atoms with Crippen LogP contribution in [0.15, 0.2) is 30.3 Å². The molecule has 3 heterocycles. The van der Waals surface area contributed by atoms with Crippen LogP contribution in [0.25, 0.3) is 0 Å². The molecule has 0 aromatic heterocycles. The van der Waals surface area contributed by atoms with Gasteiger partial charge in [-0.1, -0.05) is 31.5 Å². The molecule has 1 amide bonds. The van der Waals surface area contributed by atoms with E-state index < -0.39 is 0 Å². The van der Waals surface area contributed by atoms with Crippen molar-refractivity contribution >= 4 is 11.8 Å². The number of hydrogen-bond donors (Lipinski definition) is 0. The second-order valence-electron chi connectivity index (χ2n) is 8.65. The van der Waals surface area contributed by atoms with E-state index in [0.717, 1.165) is 47.8 Å². The van der Waals surface area contributed by atoms with Gasteiger partial charge in [-0.05, 0) is 37.3 Å². The van der Waals surface area contributed by atoms with Gasteiger partial charge in [0, 0.05) is 37.4 Å². The van der Waals surface area contributed by atoms with Gasteiger partial charge in [0.25, 0.3) is 0 Å². The molecular weight excluding hydrogens is 324 g/mol. The summed E-state index contributed by atoms with van der Waals surface area (Å²) in [6.45, 7) is 6.54. The molecule has 1 aliphatic carbocycles. The topological polar surface area (TPSA) is 29.5 Å². The van der Waals surface area contributed by atoms with Gasteiger partial charge < -0.3 is 4.74 Å². The molecule has 0 spiro atoms. The third-order valence-corrected chi connectivity index (χ3v) is 6.69. The van der Waals surface area contributed by atoms with Crippen molar-refractivity contribution in [2.24, 2.45) is 11.8 Å². The molecule has 3 aliphatic heterocycles. The highest BCUT2D eigenvalue weighted by Gasteiger charge is 2.51. The summed E-state index contributed by atoms with van der Waals surface area (Å²) in [4.78, 5) is 15.0. The minimum atomic E-state index is -0.143. The predicted octanol–water partition coefficient (Wildman–Crippen LogP) is 4.80. The van der Waals surface area contributed by atoms with Gasteiger partial charge in [0.1, 0.15) is 0 Å². The van der Waals surface area contributed by atoms with Gasteiger partial charge in [-0.25, -0.2) is 4.79 Å². The summed E-state index contributed by atoms with van der Waals surface area (Å²) < 4.78 is 7.28. The van der Waals surface area contributed by atoms with Crippen LogP contribution in [-0.2, 0) is 4.74 Å². The zero-order valence-electron chi connectivity index (χ0n) is 16.1. The van der Waals surface area contributed by atoms with Crippen molar-refractivity contribution in [3.63, 3.8) is 0 Å². The van der Waals surface area contributed by atoms with Crippen LogP contribution in [0.4, 0.5) is 10.5 Å². The van der Waals surface area contributed by atoms with E-state index in [2.05, 4.69) is 6.92 Å². The minimum Gasteiger partial charge on any atom is -0.396 e. The van der Waals surface area contributed by atoms with Crippen molar-refractivity contribution in [3.8, 4) is 0 Å². The molecule has 4 fully saturated rings. The summed E-state index contributed by atoms with van der Waals surface area (Å²) in [7, 11) is 0. The summed E-state index contributed by atoms with van der Waals surface area (Å²) in [6.07, 6.45) is 8.45. The Morgan fingerprint density at radius 3 is 2.54 bits per heavy atom. The van der Waals surface area contributed by atoms with Crippen molar-refractivity contribution in [3.05, 3.63) is 30.3 Å². The number of hydrogen-bond acceptors (Lipinski definition) is 2. The number of carbonyl (C=O) groups is 1. The molecule has 1 saturated carbocycles. The number of nitrogens with zero attached hydrogens (tertiary/aromatic N) is 2. The van der Waals surface area contributed by atoms with Crippen molar-refractivity contribution in [1.82, 2.24) is 0 Å². The van der Waals surface area contributed by atoms with Gasteiger partial charge in [0.2, 0.25) is 6.23 Å². The first-order valence-corrected chi connectivity index (χ1v) is 10.6. The molecule has 2 bridgehead atoms. The third-order valence-electron chi connectivity index (χ3n) is 6.69. The highest BCUT2D eigenvalue weighted by molar-refractivity contribution is 5.87. The quantitative estimate of drug-likeness (QED) is 0.656. The van der Waals surface area contributed by atoms with Gasteiger partial charge in [0.15, 0.2) is 0 Å². The zero-order chi connectivity index (χ0) is 18.0. The number of anilines is 1. The van der Waals surface area contributed by atoms with Crippen LogP contribution < -0.4 is 4.90 Å². The molecule has 1 atom stereocenters. The van der Waals surface area contributed by atoms with E-state index in [1.54, 1.807) is 0 Å².